The Kier molecular flexibility index (Phi) is 4.70. The van der Waals surface area contributed by atoms with Crippen molar-refractivity contribution in [2.45, 2.75) is 69.6 Å². The highest BCUT2D eigenvalue weighted by Gasteiger charge is 2.51. The average molecular weight is 355 g/mol. The van der Waals surface area contributed by atoms with Crippen LogP contribution in [0.3, 0.4) is 0 Å². The van der Waals surface area contributed by atoms with Crippen molar-refractivity contribution in [3.05, 3.63) is 12.5 Å². The largest absolute Gasteiger partial charge is 0.480 e. The van der Waals surface area contributed by atoms with Gasteiger partial charge in [-0.1, -0.05) is 26.7 Å². The van der Waals surface area contributed by atoms with Crippen molar-refractivity contribution in [2.75, 3.05) is 0 Å². The minimum absolute atomic E-state index is 0.0411. The van der Waals surface area contributed by atoms with Crippen LogP contribution in [0.4, 0.5) is 0 Å². The number of hydrogen-bond donors (Lipinski definition) is 1. The predicted molar refractivity (Wildman–Crippen MR) is 87.9 cm³/mol. The molecule has 134 valence electrons. The van der Waals surface area contributed by atoms with E-state index >= 15 is 0 Å². The van der Waals surface area contributed by atoms with E-state index in [0.29, 0.717) is 18.9 Å². The van der Waals surface area contributed by atoms with E-state index < -0.39 is 22.0 Å². The first-order chi connectivity index (χ1) is 11.3. The van der Waals surface area contributed by atoms with Crippen molar-refractivity contribution in [1.82, 2.24) is 13.9 Å². The van der Waals surface area contributed by atoms with Crippen LogP contribution in [0.15, 0.2) is 17.6 Å². The summed E-state index contributed by atoms with van der Waals surface area (Å²) in [6.07, 6.45) is 7.07. The fourth-order valence-corrected chi connectivity index (χ4v) is 5.89. The van der Waals surface area contributed by atoms with Gasteiger partial charge in [0.1, 0.15) is 6.04 Å². The van der Waals surface area contributed by atoms with Crippen LogP contribution in [0, 0.1) is 11.8 Å². The molecule has 0 radical (unpaired) electrons. The molecule has 3 unspecified atom stereocenters. The molecule has 3 rings (SSSR count). The lowest BCUT2D eigenvalue weighted by atomic mass is 9.85. The smallest absolute Gasteiger partial charge is 0.322 e. The molecule has 1 saturated carbocycles. The Morgan fingerprint density at radius 3 is 2.75 bits per heavy atom. The summed E-state index contributed by atoms with van der Waals surface area (Å²) in [5.74, 6) is -0.544. The fourth-order valence-electron chi connectivity index (χ4n) is 4.08. The molecule has 2 heterocycles. The van der Waals surface area contributed by atoms with Crippen LogP contribution in [0.1, 0.15) is 46.0 Å². The Labute approximate surface area is 142 Å². The summed E-state index contributed by atoms with van der Waals surface area (Å²) in [6, 6.07) is -1.18. The first-order valence-electron chi connectivity index (χ1n) is 8.59. The van der Waals surface area contributed by atoms with Crippen LogP contribution in [-0.4, -0.2) is 45.4 Å². The van der Waals surface area contributed by atoms with Gasteiger partial charge in [-0.3, -0.25) is 4.79 Å². The maximum atomic E-state index is 13.1. The number of hydrogen-bond acceptors (Lipinski definition) is 4. The molecule has 8 heteroatoms. The zero-order valence-electron chi connectivity index (χ0n) is 14.1. The van der Waals surface area contributed by atoms with Crippen LogP contribution in [0.5, 0.6) is 0 Å². The zero-order valence-corrected chi connectivity index (χ0v) is 14.9. The maximum Gasteiger partial charge on any atom is 0.322 e. The molecule has 2 fully saturated rings. The molecule has 0 bridgehead atoms. The summed E-state index contributed by atoms with van der Waals surface area (Å²) in [5.41, 5.74) is 0. The van der Waals surface area contributed by atoms with Gasteiger partial charge in [0.05, 0.1) is 6.33 Å². The number of fused-ring (bicyclic) bond motifs is 1. The van der Waals surface area contributed by atoms with Crippen molar-refractivity contribution >= 4 is 16.0 Å². The Morgan fingerprint density at radius 2 is 2.08 bits per heavy atom. The Hall–Kier alpha value is -1.41. The fraction of sp³-hybridized carbons (Fsp3) is 0.750. The van der Waals surface area contributed by atoms with Crippen molar-refractivity contribution in [1.29, 1.82) is 0 Å². The summed E-state index contributed by atoms with van der Waals surface area (Å²) in [5, 5.41) is 9.49. The highest BCUT2D eigenvalue weighted by molar-refractivity contribution is 7.89. The van der Waals surface area contributed by atoms with E-state index in [4.69, 9.17) is 0 Å². The molecule has 0 amide bonds. The number of sulfonamides is 1. The van der Waals surface area contributed by atoms with Gasteiger partial charge in [0.2, 0.25) is 0 Å². The van der Waals surface area contributed by atoms with Crippen LogP contribution in [0.2, 0.25) is 0 Å². The third kappa shape index (κ3) is 3.09. The molecule has 1 saturated heterocycles. The number of imidazole rings is 1. The third-order valence-corrected chi connectivity index (χ3v) is 6.86. The zero-order chi connectivity index (χ0) is 17.5. The highest BCUT2D eigenvalue weighted by Crippen LogP contribution is 2.42. The lowest BCUT2D eigenvalue weighted by Crippen LogP contribution is -2.46. The van der Waals surface area contributed by atoms with Gasteiger partial charge in [-0.2, -0.15) is 4.31 Å². The second-order valence-electron chi connectivity index (χ2n) is 7.34. The molecule has 1 aliphatic carbocycles. The Balaban J connectivity index is 1.93. The molecule has 0 aromatic carbocycles. The van der Waals surface area contributed by atoms with E-state index in [1.807, 2.05) is 13.8 Å². The number of carboxylic acid groups (broad SMARTS) is 1. The van der Waals surface area contributed by atoms with Gasteiger partial charge in [-0.05, 0) is 31.1 Å². The second kappa shape index (κ2) is 6.48. The highest BCUT2D eigenvalue weighted by atomic mass is 32.2. The molecule has 2 aliphatic rings. The second-order valence-corrected chi connectivity index (χ2v) is 9.13. The van der Waals surface area contributed by atoms with E-state index in [1.165, 1.54) is 16.8 Å². The average Bonchev–Trinajstić information content (AvgIpc) is 3.11. The maximum absolute atomic E-state index is 13.1. The molecular weight excluding hydrogens is 330 g/mol. The third-order valence-electron chi connectivity index (χ3n) is 5.04. The Morgan fingerprint density at radius 1 is 1.38 bits per heavy atom. The molecule has 1 aromatic heterocycles. The number of carbonyl (C=O) groups is 1. The quantitative estimate of drug-likeness (QED) is 0.871. The normalized spacial score (nSPS) is 28.2. The van der Waals surface area contributed by atoms with Crippen molar-refractivity contribution < 1.29 is 18.3 Å². The number of rotatable bonds is 5. The molecule has 24 heavy (non-hydrogen) atoms. The van der Waals surface area contributed by atoms with Crippen LogP contribution < -0.4 is 0 Å². The summed E-state index contributed by atoms with van der Waals surface area (Å²) >= 11 is 0. The van der Waals surface area contributed by atoms with Gasteiger partial charge in [0.15, 0.2) is 5.03 Å². The van der Waals surface area contributed by atoms with E-state index in [1.54, 1.807) is 4.57 Å². The van der Waals surface area contributed by atoms with E-state index in [2.05, 4.69) is 4.98 Å². The van der Waals surface area contributed by atoms with Crippen molar-refractivity contribution in [3.8, 4) is 0 Å². The van der Waals surface area contributed by atoms with Crippen molar-refractivity contribution in [3.63, 3.8) is 0 Å². The van der Waals surface area contributed by atoms with E-state index in [0.717, 1.165) is 25.7 Å². The summed E-state index contributed by atoms with van der Waals surface area (Å²) in [6.45, 7) is 4.76. The number of nitrogens with zero attached hydrogens (tertiary/aromatic N) is 3. The van der Waals surface area contributed by atoms with Gasteiger partial charge in [-0.25, -0.2) is 13.4 Å². The van der Waals surface area contributed by atoms with E-state index in [9.17, 15) is 18.3 Å². The lowest BCUT2D eigenvalue weighted by Gasteiger charge is -2.31. The summed E-state index contributed by atoms with van der Waals surface area (Å²) < 4.78 is 29.2. The van der Waals surface area contributed by atoms with Gasteiger partial charge in [0.25, 0.3) is 10.0 Å². The van der Waals surface area contributed by atoms with Crippen LogP contribution in [-0.2, 0) is 21.4 Å². The van der Waals surface area contributed by atoms with E-state index in [-0.39, 0.29) is 17.0 Å². The molecule has 0 spiro atoms. The minimum Gasteiger partial charge on any atom is -0.480 e. The topological polar surface area (TPSA) is 92.5 Å². The monoisotopic (exact) mass is 355 g/mol. The van der Waals surface area contributed by atoms with Crippen LogP contribution in [0.25, 0.3) is 0 Å². The molecule has 1 aliphatic heterocycles. The molecule has 3 atom stereocenters. The lowest BCUT2D eigenvalue weighted by molar-refractivity contribution is -0.141. The number of aliphatic carboxylic acids is 1. The van der Waals surface area contributed by atoms with Gasteiger partial charge in [-0.15, -0.1) is 0 Å². The minimum atomic E-state index is -3.90. The summed E-state index contributed by atoms with van der Waals surface area (Å²) in [7, 11) is -3.90. The van der Waals surface area contributed by atoms with Gasteiger partial charge >= 0.3 is 5.97 Å². The predicted octanol–water partition coefficient (Wildman–Crippen LogP) is 1.95. The molecule has 1 aromatic rings. The van der Waals surface area contributed by atoms with Crippen molar-refractivity contribution in [2.24, 2.45) is 11.8 Å². The number of aromatic nitrogens is 2. The van der Waals surface area contributed by atoms with Gasteiger partial charge in [0, 0.05) is 18.8 Å². The first kappa shape index (κ1) is 17.4. The SMILES string of the molecule is CC(C)Cn1cnc(S(=O)(=O)N2C(C(=O)O)CC3CCCCC32)c1. The van der Waals surface area contributed by atoms with Gasteiger partial charge < -0.3 is 9.67 Å². The first-order valence-corrected chi connectivity index (χ1v) is 10.0. The molecule has 7 nitrogen and oxygen atoms in total. The summed E-state index contributed by atoms with van der Waals surface area (Å²) in [4.78, 5) is 15.7. The Bertz CT molecular complexity index is 713. The standard InChI is InChI=1S/C16H25N3O4S/c1-11(2)8-18-9-15(17-10-18)24(22,23)19-13-6-4-3-5-12(13)7-14(19)16(20)21/h9-14H,3-8H2,1-2H3,(H,20,21). The molecule has 1 N–H and O–H groups in total. The molecular formula is C16H25N3O4S. The number of carboxylic acids is 1. The van der Waals surface area contributed by atoms with Crippen LogP contribution >= 0.6 is 0 Å².